The van der Waals surface area contributed by atoms with Crippen molar-refractivity contribution in [1.29, 1.82) is 0 Å². The predicted molar refractivity (Wildman–Crippen MR) is 84.1 cm³/mol. The number of thiazole rings is 1. The van der Waals surface area contributed by atoms with E-state index in [1.54, 1.807) is 11.3 Å². The molecule has 20 heavy (non-hydrogen) atoms. The second-order valence-electron chi connectivity index (χ2n) is 5.48. The van der Waals surface area contributed by atoms with Crippen LogP contribution in [0.25, 0.3) is 0 Å². The molecule has 2 atom stereocenters. The molecule has 0 aromatic carbocycles. The van der Waals surface area contributed by atoms with Gasteiger partial charge in [0.05, 0.1) is 12.2 Å². The van der Waals surface area contributed by atoms with Gasteiger partial charge in [-0.1, -0.05) is 6.92 Å². The maximum atomic E-state index is 4.50. The van der Waals surface area contributed by atoms with Gasteiger partial charge in [-0.3, -0.25) is 4.68 Å². The van der Waals surface area contributed by atoms with Crippen LogP contribution in [-0.4, -0.2) is 14.8 Å². The number of aryl methyl sites for hydroxylation is 1. The van der Waals surface area contributed by atoms with Gasteiger partial charge in [0.2, 0.25) is 0 Å². The molecule has 0 fully saturated rings. The third-order valence-corrected chi connectivity index (χ3v) is 4.77. The average molecular weight is 292 g/mol. The molecule has 2 rings (SSSR count). The topological polar surface area (TPSA) is 42.7 Å². The summed E-state index contributed by atoms with van der Waals surface area (Å²) < 4.78 is 2.00. The molecule has 110 valence electrons. The van der Waals surface area contributed by atoms with E-state index in [9.17, 15) is 0 Å². The molecule has 0 saturated carbocycles. The molecule has 0 bridgehead atoms. The second-order valence-corrected chi connectivity index (χ2v) is 6.62. The van der Waals surface area contributed by atoms with Crippen LogP contribution in [0.5, 0.6) is 0 Å². The maximum absolute atomic E-state index is 4.50. The number of hydrogen-bond donors (Lipinski definition) is 1. The van der Waals surface area contributed by atoms with Crippen LogP contribution in [-0.2, 0) is 6.42 Å². The summed E-state index contributed by atoms with van der Waals surface area (Å²) in [5.74, 6) is 0. The lowest BCUT2D eigenvalue weighted by Gasteiger charge is -2.17. The highest BCUT2D eigenvalue weighted by Gasteiger charge is 2.15. The maximum Gasteiger partial charge on any atom is 0.109 e. The van der Waals surface area contributed by atoms with Crippen LogP contribution in [0.1, 0.15) is 68.2 Å². The van der Waals surface area contributed by atoms with Gasteiger partial charge in [0, 0.05) is 34.9 Å². The molecule has 2 aromatic rings. The van der Waals surface area contributed by atoms with Crippen molar-refractivity contribution in [2.24, 2.45) is 0 Å². The number of nitrogens with one attached hydrogen (secondary N) is 1. The van der Waals surface area contributed by atoms with Gasteiger partial charge in [-0.05, 0) is 34.1 Å². The number of aromatic nitrogens is 3. The molecule has 0 aliphatic rings. The highest BCUT2D eigenvalue weighted by molar-refractivity contribution is 7.11. The van der Waals surface area contributed by atoms with Crippen molar-refractivity contribution in [3.8, 4) is 0 Å². The normalized spacial score (nSPS) is 14.7. The van der Waals surface area contributed by atoms with Crippen molar-refractivity contribution in [1.82, 2.24) is 20.1 Å². The summed E-state index contributed by atoms with van der Waals surface area (Å²) in [4.78, 5) is 5.84. The molecule has 1 N–H and O–H groups in total. The molecular formula is C15H24N4S. The fraction of sp³-hybridized carbons (Fsp3) is 0.600. The molecule has 0 aliphatic heterocycles. The zero-order valence-electron chi connectivity index (χ0n) is 12.9. The zero-order valence-corrected chi connectivity index (χ0v) is 13.7. The van der Waals surface area contributed by atoms with Crippen molar-refractivity contribution in [3.63, 3.8) is 0 Å². The van der Waals surface area contributed by atoms with E-state index in [-0.39, 0.29) is 12.1 Å². The lowest BCUT2D eigenvalue weighted by Crippen LogP contribution is -2.22. The lowest BCUT2D eigenvalue weighted by molar-refractivity contribution is 0.490. The minimum absolute atomic E-state index is 0.262. The summed E-state index contributed by atoms with van der Waals surface area (Å²) >= 11 is 1.79. The van der Waals surface area contributed by atoms with Gasteiger partial charge in [0.25, 0.3) is 0 Å². The first-order valence-electron chi connectivity index (χ1n) is 7.26. The molecule has 0 amide bonds. The van der Waals surface area contributed by atoms with E-state index in [0.717, 1.165) is 11.4 Å². The van der Waals surface area contributed by atoms with Crippen molar-refractivity contribution in [2.75, 3.05) is 0 Å². The zero-order chi connectivity index (χ0) is 14.7. The van der Waals surface area contributed by atoms with Gasteiger partial charge in [0.15, 0.2) is 0 Å². The van der Waals surface area contributed by atoms with Crippen LogP contribution in [0, 0.1) is 0 Å². The Bertz CT molecular complexity index is 544. The lowest BCUT2D eigenvalue weighted by atomic mass is 10.1. The molecule has 5 heteroatoms. The van der Waals surface area contributed by atoms with Gasteiger partial charge < -0.3 is 5.32 Å². The summed E-state index contributed by atoms with van der Waals surface area (Å²) in [6, 6.07) is 0.934. The molecule has 0 spiro atoms. The third kappa shape index (κ3) is 3.46. The highest BCUT2D eigenvalue weighted by Crippen LogP contribution is 2.23. The van der Waals surface area contributed by atoms with E-state index in [4.69, 9.17) is 0 Å². The van der Waals surface area contributed by atoms with Gasteiger partial charge in [-0.15, -0.1) is 11.3 Å². The Kier molecular flexibility index (Phi) is 4.94. The van der Waals surface area contributed by atoms with Crippen molar-refractivity contribution in [2.45, 2.75) is 59.2 Å². The van der Waals surface area contributed by atoms with E-state index in [0.29, 0.717) is 6.04 Å². The quantitative estimate of drug-likeness (QED) is 0.878. The van der Waals surface area contributed by atoms with E-state index >= 15 is 0 Å². The van der Waals surface area contributed by atoms with Gasteiger partial charge in [0.1, 0.15) is 5.01 Å². The molecule has 4 nitrogen and oxygen atoms in total. The largest absolute Gasteiger partial charge is 0.301 e. The van der Waals surface area contributed by atoms with Crippen molar-refractivity contribution in [3.05, 3.63) is 34.0 Å². The monoisotopic (exact) mass is 292 g/mol. The summed E-state index contributed by atoms with van der Waals surface area (Å²) in [6.07, 6.45) is 7.11. The minimum Gasteiger partial charge on any atom is -0.301 e. The number of hydrogen-bond acceptors (Lipinski definition) is 4. The van der Waals surface area contributed by atoms with Crippen LogP contribution in [0.3, 0.4) is 0 Å². The first-order valence-corrected chi connectivity index (χ1v) is 8.07. The predicted octanol–water partition coefficient (Wildman–Crippen LogP) is 3.89. The molecule has 2 aromatic heterocycles. The Morgan fingerprint density at radius 3 is 2.50 bits per heavy atom. The van der Waals surface area contributed by atoms with Crippen molar-refractivity contribution >= 4 is 11.3 Å². The van der Waals surface area contributed by atoms with Crippen LogP contribution in [0.15, 0.2) is 18.6 Å². The Morgan fingerprint density at radius 1 is 1.20 bits per heavy atom. The first kappa shape index (κ1) is 15.2. The summed E-state index contributed by atoms with van der Waals surface area (Å²) in [7, 11) is 0. The summed E-state index contributed by atoms with van der Waals surface area (Å²) in [6.45, 7) is 10.8. The Morgan fingerprint density at radius 2 is 1.95 bits per heavy atom. The van der Waals surface area contributed by atoms with Crippen molar-refractivity contribution < 1.29 is 0 Å². The third-order valence-electron chi connectivity index (χ3n) is 3.44. The molecular weight excluding hydrogens is 268 g/mol. The fourth-order valence-electron chi connectivity index (χ4n) is 2.09. The smallest absolute Gasteiger partial charge is 0.109 e. The van der Waals surface area contributed by atoms with Gasteiger partial charge in [-0.25, -0.2) is 4.98 Å². The standard InChI is InChI=1S/C15H24N4S/c1-6-14-8-16-15(20-14)12(5)18-11(4)13-7-17-19(9-13)10(2)3/h7-12,18H,6H2,1-5H3/t11-,12-/m1/s1. The molecule has 0 aliphatic carbocycles. The van der Waals surface area contributed by atoms with E-state index in [1.807, 2.05) is 17.1 Å². The molecule has 2 heterocycles. The van der Waals surface area contributed by atoms with E-state index in [2.05, 4.69) is 56.2 Å². The van der Waals surface area contributed by atoms with E-state index < -0.39 is 0 Å². The molecule has 0 unspecified atom stereocenters. The van der Waals surface area contributed by atoms with E-state index in [1.165, 1.54) is 10.4 Å². The highest BCUT2D eigenvalue weighted by atomic mass is 32.1. The summed E-state index contributed by atoms with van der Waals surface area (Å²) in [5, 5.41) is 9.15. The summed E-state index contributed by atoms with van der Waals surface area (Å²) in [5.41, 5.74) is 1.22. The molecule has 0 radical (unpaired) electrons. The number of rotatable bonds is 6. The molecule has 0 saturated heterocycles. The SMILES string of the molecule is CCc1cnc([C@@H](C)N[C@H](C)c2cnn(C(C)C)c2)s1. The Hall–Kier alpha value is -1.20. The van der Waals surface area contributed by atoms with Crippen LogP contribution in [0.2, 0.25) is 0 Å². The van der Waals surface area contributed by atoms with Crippen LogP contribution in [0.4, 0.5) is 0 Å². The number of nitrogens with zero attached hydrogens (tertiary/aromatic N) is 3. The van der Waals surface area contributed by atoms with Gasteiger partial charge >= 0.3 is 0 Å². The minimum atomic E-state index is 0.262. The van der Waals surface area contributed by atoms with Crippen LogP contribution >= 0.6 is 11.3 Å². The average Bonchev–Trinajstić information content (AvgIpc) is 3.07. The van der Waals surface area contributed by atoms with Crippen LogP contribution < -0.4 is 5.32 Å². The fourth-order valence-corrected chi connectivity index (χ4v) is 2.96. The Balaban J connectivity index is 2.00. The Labute approximate surface area is 125 Å². The van der Waals surface area contributed by atoms with Gasteiger partial charge in [-0.2, -0.15) is 5.10 Å². The first-order chi connectivity index (χ1) is 9.51. The second kappa shape index (κ2) is 6.50.